The Morgan fingerprint density at radius 1 is 1.25 bits per heavy atom. The first-order valence-corrected chi connectivity index (χ1v) is 6.03. The van der Waals surface area contributed by atoms with Crippen LogP contribution in [0.15, 0.2) is 0 Å². The summed E-state index contributed by atoms with van der Waals surface area (Å²) in [5.74, 6) is 0.481. The number of amides is 2. The summed E-state index contributed by atoms with van der Waals surface area (Å²) in [7, 11) is 0. The van der Waals surface area contributed by atoms with Crippen molar-refractivity contribution in [2.75, 3.05) is 46.0 Å². The van der Waals surface area contributed by atoms with Gasteiger partial charge in [-0.2, -0.15) is 0 Å². The first kappa shape index (κ1) is 11.7. The van der Waals surface area contributed by atoms with E-state index >= 15 is 0 Å². The average Bonchev–Trinajstić information content (AvgIpc) is 2.78. The molecule has 16 heavy (non-hydrogen) atoms. The Hall–Kier alpha value is -0.810. The van der Waals surface area contributed by atoms with Gasteiger partial charge in [-0.05, 0) is 18.8 Å². The number of aliphatic hydroxyl groups excluding tert-OH is 1. The quantitative estimate of drug-likeness (QED) is 0.731. The molecule has 1 atom stereocenters. The molecule has 2 fully saturated rings. The molecular weight excluding hydrogens is 208 g/mol. The SMILES string of the molecule is O=C(N1CCOCC1)N1CCC(CCO)C1. The maximum absolute atomic E-state index is 12.1. The molecule has 5 nitrogen and oxygen atoms in total. The number of hydrogen-bond acceptors (Lipinski definition) is 3. The van der Waals surface area contributed by atoms with Gasteiger partial charge in [0.25, 0.3) is 0 Å². The molecule has 0 aromatic heterocycles. The highest BCUT2D eigenvalue weighted by Gasteiger charge is 2.29. The fraction of sp³-hybridized carbons (Fsp3) is 0.909. The smallest absolute Gasteiger partial charge is 0.320 e. The molecule has 0 saturated carbocycles. The van der Waals surface area contributed by atoms with Crippen molar-refractivity contribution in [3.63, 3.8) is 0 Å². The van der Waals surface area contributed by atoms with Crippen LogP contribution in [-0.4, -0.2) is 66.9 Å². The third-order valence-electron chi connectivity index (χ3n) is 3.38. The first-order chi connectivity index (χ1) is 7.81. The van der Waals surface area contributed by atoms with Gasteiger partial charge in [0.2, 0.25) is 0 Å². The van der Waals surface area contributed by atoms with Gasteiger partial charge in [-0.25, -0.2) is 4.79 Å². The van der Waals surface area contributed by atoms with Crippen LogP contribution in [0.5, 0.6) is 0 Å². The largest absolute Gasteiger partial charge is 0.396 e. The second kappa shape index (κ2) is 5.50. The summed E-state index contributed by atoms with van der Waals surface area (Å²) in [6.07, 6.45) is 1.84. The van der Waals surface area contributed by atoms with Gasteiger partial charge < -0.3 is 19.6 Å². The number of urea groups is 1. The van der Waals surface area contributed by atoms with Crippen LogP contribution in [0.1, 0.15) is 12.8 Å². The Balaban J connectivity index is 1.81. The molecule has 5 heteroatoms. The third kappa shape index (κ3) is 2.65. The molecule has 2 rings (SSSR count). The van der Waals surface area contributed by atoms with Crippen molar-refractivity contribution in [3.05, 3.63) is 0 Å². The Morgan fingerprint density at radius 3 is 2.69 bits per heavy atom. The van der Waals surface area contributed by atoms with E-state index in [9.17, 15) is 4.79 Å². The molecule has 2 aliphatic heterocycles. The van der Waals surface area contributed by atoms with E-state index in [-0.39, 0.29) is 12.6 Å². The third-order valence-corrected chi connectivity index (χ3v) is 3.38. The zero-order chi connectivity index (χ0) is 11.4. The van der Waals surface area contributed by atoms with Gasteiger partial charge in [-0.3, -0.25) is 0 Å². The molecule has 0 spiro atoms. The highest BCUT2D eigenvalue weighted by atomic mass is 16.5. The van der Waals surface area contributed by atoms with E-state index in [4.69, 9.17) is 9.84 Å². The number of carbonyl (C=O) groups excluding carboxylic acids is 1. The molecule has 2 aliphatic rings. The van der Waals surface area contributed by atoms with Crippen LogP contribution in [0.25, 0.3) is 0 Å². The molecule has 0 aromatic rings. The maximum atomic E-state index is 12.1. The fourth-order valence-corrected chi connectivity index (χ4v) is 2.38. The predicted molar refractivity (Wildman–Crippen MR) is 59.2 cm³/mol. The summed E-state index contributed by atoms with van der Waals surface area (Å²) < 4.78 is 5.23. The van der Waals surface area contributed by atoms with Crippen LogP contribution < -0.4 is 0 Å². The second-order valence-corrected chi connectivity index (χ2v) is 4.49. The van der Waals surface area contributed by atoms with Crippen LogP contribution in [0.4, 0.5) is 4.79 Å². The molecule has 2 heterocycles. The van der Waals surface area contributed by atoms with Gasteiger partial charge in [0.1, 0.15) is 0 Å². The standard InChI is InChI=1S/C11H20N2O3/c14-6-2-10-1-3-13(9-10)11(15)12-4-7-16-8-5-12/h10,14H,1-9H2. The van der Waals surface area contributed by atoms with Crippen molar-refractivity contribution in [2.45, 2.75) is 12.8 Å². The van der Waals surface area contributed by atoms with Crippen LogP contribution in [-0.2, 0) is 4.74 Å². The van der Waals surface area contributed by atoms with Gasteiger partial charge in [0.15, 0.2) is 0 Å². The molecule has 0 bridgehead atoms. The molecule has 92 valence electrons. The van der Waals surface area contributed by atoms with Gasteiger partial charge >= 0.3 is 6.03 Å². The van der Waals surface area contributed by atoms with E-state index < -0.39 is 0 Å². The minimum absolute atomic E-state index is 0.142. The number of carbonyl (C=O) groups is 1. The number of hydrogen-bond donors (Lipinski definition) is 1. The van der Waals surface area contributed by atoms with Gasteiger partial charge in [0, 0.05) is 32.8 Å². The summed E-state index contributed by atoms with van der Waals surface area (Å²) in [4.78, 5) is 15.9. The summed E-state index contributed by atoms with van der Waals surface area (Å²) >= 11 is 0. The number of ether oxygens (including phenoxy) is 1. The Bertz CT molecular complexity index is 241. The summed E-state index contributed by atoms with van der Waals surface area (Å²) in [5, 5.41) is 8.87. The lowest BCUT2D eigenvalue weighted by Crippen LogP contribution is -2.47. The lowest BCUT2D eigenvalue weighted by atomic mass is 10.1. The lowest BCUT2D eigenvalue weighted by Gasteiger charge is -2.31. The van der Waals surface area contributed by atoms with Crippen molar-refractivity contribution in [1.29, 1.82) is 0 Å². The van der Waals surface area contributed by atoms with Gasteiger partial charge in [-0.1, -0.05) is 0 Å². The van der Waals surface area contributed by atoms with Crippen LogP contribution in [0.3, 0.4) is 0 Å². The summed E-state index contributed by atoms with van der Waals surface area (Å²) in [6, 6.07) is 0.142. The van der Waals surface area contributed by atoms with Crippen molar-refractivity contribution >= 4 is 6.03 Å². The van der Waals surface area contributed by atoms with Gasteiger partial charge in [-0.15, -0.1) is 0 Å². The van der Waals surface area contributed by atoms with E-state index in [2.05, 4.69) is 0 Å². The molecule has 2 saturated heterocycles. The van der Waals surface area contributed by atoms with E-state index in [1.807, 2.05) is 9.80 Å². The van der Waals surface area contributed by atoms with E-state index in [0.29, 0.717) is 32.2 Å². The highest BCUT2D eigenvalue weighted by molar-refractivity contribution is 5.74. The number of rotatable bonds is 2. The molecule has 1 unspecified atom stereocenters. The zero-order valence-corrected chi connectivity index (χ0v) is 9.60. The number of nitrogens with zero attached hydrogens (tertiary/aromatic N) is 2. The lowest BCUT2D eigenvalue weighted by molar-refractivity contribution is 0.0448. The van der Waals surface area contributed by atoms with E-state index in [1.165, 1.54) is 0 Å². The monoisotopic (exact) mass is 228 g/mol. The number of morpholine rings is 1. The Morgan fingerprint density at radius 2 is 2.00 bits per heavy atom. The predicted octanol–water partition coefficient (Wildman–Crippen LogP) is 0.143. The Labute approximate surface area is 96.0 Å². The Kier molecular flexibility index (Phi) is 4.01. The van der Waals surface area contributed by atoms with E-state index in [0.717, 1.165) is 25.9 Å². The molecular formula is C11H20N2O3. The maximum Gasteiger partial charge on any atom is 0.320 e. The second-order valence-electron chi connectivity index (χ2n) is 4.49. The average molecular weight is 228 g/mol. The molecule has 2 amide bonds. The molecule has 0 aliphatic carbocycles. The van der Waals surface area contributed by atoms with Gasteiger partial charge in [0.05, 0.1) is 13.2 Å². The normalized spacial score (nSPS) is 26.2. The van der Waals surface area contributed by atoms with Crippen LogP contribution in [0.2, 0.25) is 0 Å². The molecule has 0 radical (unpaired) electrons. The van der Waals surface area contributed by atoms with Crippen molar-refractivity contribution < 1.29 is 14.6 Å². The van der Waals surface area contributed by atoms with Crippen molar-refractivity contribution in [1.82, 2.24) is 9.80 Å². The van der Waals surface area contributed by atoms with Crippen molar-refractivity contribution in [2.24, 2.45) is 5.92 Å². The van der Waals surface area contributed by atoms with Crippen LogP contribution in [0, 0.1) is 5.92 Å². The molecule has 0 aromatic carbocycles. The van der Waals surface area contributed by atoms with E-state index in [1.54, 1.807) is 0 Å². The topological polar surface area (TPSA) is 53.0 Å². The molecule has 1 N–H and O–H groups in total. The number of likely N-dealkylation sites (tertiary alicyclic amines) is 1. The first-order valence-electron chi connectivity index (χ1n) is 6.03. The number of aliphatic hydroxyl groups is 1. The summed E-state index contributed by atoms with van der Waals surface area (Å²) in [6.45, 7) is 4.58. The van der Waals surface area contributed by atoms with Crippen molar-refractivity contribution in [3.8, 4) is 0 Å². The minimum Gasteiger partial charge on any atom is -0.396 e. The summed E-state index contributed by atoms with van der Waals surface area (Å²) in [5.41, 5.74) is 0. The van der Waals surface area contributed by atoms with Crippen LogP contribution >= 0.6 is 0 Å². The highest BCUT2D eigenvalue weighted by Crippen LogP contribution is 2.20. The fourth-order valence-electron chi connectivity index (χ4n) is 2.38. The minimum atomic E-state index is 0.142. The zero-order valence-electron chi connectivity index (χ0n) is 9.60.